The summed E-state index contributed by atoms with van der Waals surface area (Å²) in [5.41, 5.74) is 8.23. The van der Waals surface area contributed by atoms with Gasteiger partial charge in [0.05, 0.1) is 22.8 Å². The Morgan fingerprint density at radius 3 is 2.41 bits per heavy atom. The minimum Gasteiger partial charge on any atom is -0.369 e. The Bertz CT molecular complexity index is 980. The third-order valence-electron chi connectivity index (χ3n) is 7.42. The van der Waals surface area contributed by atoms with Crippen LogP contribution in [0.25, 0.3) is 0 Å². The molecule has 0 bridgehead atoms. The first-order valence-electron chi connectivity index (χ1n) is 12.6. The van der Waals surface area contributed by atoms with E-state index in [0.29, 0.717) is 13.1 Å². The number of nitrogens with two attached hydrogens (primary N) is 1. The fraction of sp³-hybridized carbons (Fsp3) is 0.630. The zero-order valence-corrected chi connectivity index (χ0v) is 21.6. The largest absolute Gasteiger partial charge is 0.369 e. The van der Waals surface area contributed by atoms with Gasteiger partial charge in [0.1, 0.15) is 0 Å². The number of amides is 3. The molecule has 2 aliphatic rings. The molecule has 1 aliphatic heterocycles. The van der Waals surface area contributed by atoms with Crippen LogP contribution >= 0.6 is 0 Å². The van der Waals surface area contributed by atoms with Crippen molar-refractivity contribution in [3.63, 3.8) is 0 Å². The minimum atomic E-state index is -0.795. The first-order valence-corrected chi connectivity index (χ1v) is 12.6. The normalized spacial score (nSPS) is 19.6. The number of primary amides is 1. The number of unbranched alkanes of at least 4 members (excludes halogenated alkanes) is 1. The van der Waals surface area contributed by atoms with Crippen LogP contribution in [0.1, 0.15) is 85.1 Å². The van der Waals surface area contributed by atoms with Crippen molar-refractivity contribution in [2.24, 2.45) is 22.1 Å². The van der Waals surface area contributed by atoms with Crippen molar-refractivity contribution in [3.8, 4) is 0 Å². The van der Waals surface area contributed by atoms with Crippen LogP contribution in [0.2, 0.25) is 0 Å². The van der Waals surface area contributed by atoms with Crippen molar-refractivity contribution >= 4 is 34.8 Å². The molecule has 3 amide bonds. The summed E-state index contributed by atoms with van der Waals surface area (Å²) < 4.78 is 0. The van der Waals surface area contributed by atoms with Crippen LogP contribution in [0.15, 0.2) is 23.2 Å². The maximum atomic E-state index is 13.1. The van der Waals surface area contributed by atoms with Crippen LogP contribution in [-0.2, 0) is 14.4 Å². The van der Waals surface area contributed by atoms with Gasteiger partial charge in [-0.1, -0.05) is 25.8 Å². The standard InChI is InChI=1S/C27H40N4O3/c1-7-8-9-22(15-29-18(3)27(5,6)26(28)34)21-12-13-23-24(14-21)30(25(33)20-10-11-20)16-17(2)31(23)19(4)32/h12-14,17,20,22H,7-11,15-16H2,1-6H3,(H2,28,34). The second-order valence-corrected chi connectivity index (χ2v) is 10.5. The summed E-state index contributed by atoms with van der Waals surface area (Å²) in [6, 6.07) is 6.06. The molecule has 0 aromatic heterocycles. The van der Waals surface area contributed by atoms with Crippen molar-refractivity contribution in [1.82, 2.24) is 0 Å². The molecule has 1 saturated carbocycles. The van der Waals surface area contributed by atoms with Crippen LogP contribution in [0, 0.1) is 11.3 Å². The SMILES string of the molecule is CCCCC(CN=C(C)C(C)(C)C(N)=O)c1ccc2c(c1)N(C(=O)C1CC1)CC(C)N2C(C)=O. The predicted molar refractivity (Wildman–Crippen MR) is 137 cm³/mol. The zero-order chi connectivity index (χ0) is 25.2. The monoisotopic (exact) mass is 468 g/mol. The lowest BCUT2D eigenvalue weighted by Crippen LogP contribution is -2.51. The second kappa shape index (κ2) is 10.3. The Morgan fingerprint density at radius 1 is 1.18 bits per heavy atom. The molecule has 7 heteroatoms. The fourth-order valence-electron chi connectivity index (χ4n) is 4.57. The van der Waals surface area contributed by atoms with E-state index >= 15 is 0 Å². The van der Waals surface area contributed by atoms with Gasteiger partial charge >= 0.3 is 0 Å². The molecule has 1 aromatic carbocycles. The van der Waals surface area contributed by atoms with Crippen LogP contribution < -0.4 is 15.5 Å². The number of carbonyl (C=O) groups is 3. The highest BCUT2D eigenvalue weighted by Gasteiger charge is 2.40. The van der Waals surface area contributed by atoms with Crippen molar-refractivity contribution < 1.29 is 14.4 Å². The molecule has 0 radical (unpaired) electrons. The summed E-state index contributed by atoms with van der Waals surface area (Å²) in [7, 11) is 0. The lowest BCUT2D eigenvalue weighted by Gasteiger charge is -2.41. The van der Waals surface area contributed by atoms with Gasteiger partial charge in [-0.25, -0.2) is 0 Å². The highest BCUT2D eigenvalue weighted by molar-refractivity contribution is 6.06. The predicted octanol–water partition coefficient (Wildman–Crippen LogP) is 4.43. The molecule has 7 nitrogen and oxygen atoms in total. The summed E-state index contributed by atoms with van der Waals surface area (Å²) in [6.07, 6.45) is 4.96. The molecule has 1 aliphatic carbocycles. The number of carbonyl (C=O) groups excluding carboxylic acids is 3. The lowest BCUT2D eigenvalue weighted by molar-refractivity contribution is -0.123. The van der Waals surface area contributed by atoms with E-state index in [-0.39, 0.29) is 35.6 Å². The third-order valence-corrected chi connectivity index (χ3v) is 7.42. The zero-order valence-electron chi connectivity index (χ0n) is 21.6. The Hall–Kier alpha value is -2.70. The number of rotatable bonds is 9. The number of hydrogen-bond donors (Lipinski definition) is 1. The van der Waals surface area contributed by atoms with Crippen LogP contribution in [0.5, 0.6) is 0 Å². The maximum absolute atomic E-state index is 13.1. The number of hydrogen-bond acceptors (Lipinski definition) is 4. The first kappa shape index (κ1) is 25.9. The molecule has 1 heterocycles. The Kier molecular flexibility index (Phi) is 7.84. The van der Waals surface area contributed by atoms with E-state index in [1.807, 2.05) is 24.8 Å². The molecule has 34 heavy (non-hydrogen) atoms. The van der Waals surface area contributed by atoms with E-state index in [1.54, 1.807) is 25.7 Å². The quantitative estimate of drug-likeness (QED) is 0.543. The highest BCUT2D eigenvalue weighted by atomic mass is 16.2. The maximum Gasteiger partial charge on any atom is 0.230 e. The van der Waals surface area contributed by atoms with Gasteiger partial charge in [0.2, 0.25) is 17.7 Å². The molecule has 1 fully saturated rings. The molecule has 0 spiro atoms. The molecule has 186 valence electrons. The van der Waals surface area contributed by atoms with Gasteiger partial charge < -0.3 is 15.5 Å². The second-order valence-electron chi connectivity index (χ2n) is 10.5. The van der Waals surface area contributed by atoms with Gasteiger partial charge in [-0.3, -0.25) is 19.4 Å². The van der Waals surface area contributed by atoms with Gasteiger partial charge in [-0.05, 0) is 64.7 Å². The van der Waals surface area contributed by atoms with E-state index < -0.39 is 5.41 Å². The van der Waals surface area contributed by atoms with Crippen LogP contribution in [0.3, 0.4) is 0 Å². The Balaban J connectivity index is 1.99. The lowest BCUT2D eigenvalue weighted by atomic mass is 9.87. The van der Waals surface area contributed by atoms with Crippen LogP contribution in [0.4, 0.5) is 11.4 Å². The number of anilines is 2. The van der Waals surface area contributed by atoms with Crippen molar-refractivity contribution in [2.75, 3.05) is 22.9 Å². The van der Waals surface area contributed by atoms with Crippen molar-refractivity contribution in [1.29, 1.82) is 0 Å². The molecular weight excluding hydrogens is 428 g/mol. The van der Waals surface area contributed by atoms with Crippen LogP contribution in [-0.4, -0.2) is 42.6 Å². The van der Waals surface area contributed by atoms with Gasteiger partial charge in [-0.15, -0.1) is 0 Å². The molecular formula is C27H40N4O3. The molecule has 1 aromatic rings. The Labute approximate surface area is 203 Å². The summed E-state index contributed by atoms with van der Waals surface area (Å²) in [5.74, 6) is 0.00560. The average Bonchev–Trinajstić information content (AvgIpc) is 3.62. The van der Waals surface area contributed by atoms with E-state index in [9.17, 15) is 14.4 Å². The highest BCUT2D eigenvalue weighted by Crippen LogP contribution is 2.42. The minimum absolute atomic E-state index is 0.0172. The van der Waals surface area contributed by atoms with E-state index in [2.05, 4.69) is 19.1 Å². The fourth-order valence-corrected chi connectivity index (χ4v) is 4.57. The molecule has 2 unspecified atom stereocenters. The van der Waals surface area contributed by atoms with E-state index in [1.165, 1.54) is 0 Å². The van der Waals surface area contributed by atoms with Crippen molar-refractivity contribution in [2.45, 2.75) is 85.6 Å². The number of nitrogens with zero attached hydrogens (tertiary/aromatic N) is 3. The van der Waals surface area contributed by atoms with E-state index in [4.69, 9.17) is 10.7 Å². The summed E-state index contributed by atoms with van der Waals surface area (Å²) >= 11 is 0. The smallest absolute Gasteiger partial charge is 0.230 e. The molecule has 2 atom stereocenters. The number of benzene rings is 1. The van der Waals surface area contributed by atoms with Gasteiger partial charge in [0, 0.05) is 37.6 Å². The third kappa shape index (κ3) is 5.34. The number of fused-ring (bicyclic) bond motifs is 1. The molecule has 3 rings (SSSR count). The average molecular weight is 469 g/mol. The van der Waals surface area contributed by atoms with Gasteiger partial charge in [0.15, 0.2) is 0 Å². The van der Waals surface area contributed by atoms with Gasteiger partial charge in [0.25, 0.3) is 0 Å². The molecule has 2 N–H and O–H groups in total. The topological polar surface area (TPSA) is 96.1 Å². The van der Waals surface area contributed by atoms with Crippen molar-refractivity contribution in [3.05, 3.63) is 23.8 Å². The van der Waals surface area contributed by atoms with Gasteiger partial charge in [-0.2, -0.15) is 0 Å². The Morgan fingerprint density at radius 2 is 1.85 bits per heavy atom. The van der Waals surface area contributed by atoms with E-state index in [0.717, 1.165) is 54.8 Å². The summed E-state index contributed by atoms with van der Waals surface area (Å²) in [4.78, 5) is 45.9. The molecule has 0 saturated heterocycles. The summed E-state index contributed by atoms with van der Waals surface area (Å²) in [5, 5.41) is 0. The first-order chi connectivity index (χ1) is 16.0. The summed E-state index contributed by atoms with van der Waals surface area (Å²) in [6.45, 7) is 12.2. The number of aliphatic imine (C=N–C) groups is 1.